The third-order valence-electron chi connectivity index (χ3n) is 6.92. The number of nitrogens with zero attached hydrogens (tertiary/aromatic N) is 3. The zero-order valence-electron chi connectivity index (χ0n) is 19.5. The van der Waals surface area contributed by atoms with E-state index >= 15 is 0 Å². The molecule has 31 heavy (non-hydrogen) atoms. The summed E-state index contributed by atoms with van der Waals surface area (Å²) in [5, 5.41) is 35.8. The minimum atomic E-state index is -1.12. The molecule has 178 valence electrons. The lowest BCUT2D eigenvalue weighted by atomic mass is 9.77. The van der Waals surface area contributed by atoms with Crippen LogP contribution in [-0.4, -0.2) is 58.0 Å². The molecule has 0 saturated carbocycles. The highest BCUT2D eigenvalue weighted by Crippen LogP contribution is 2.31. The molecule has 0 aliphatic carbocycles. The minimum absolute atomic E-state index is 0.115. The van der Waals surface area contributed by atoms with Crippen molar-refractivity contribution in [2.45, 2.75) is 85.2 Å². The molecule has 9 heteroatoms. The smallest absolute Gasteiger partial charge is 0.311 e. The lowest BCUT2D eigenvalue weighted by Gasteiger charge is -2.36. The summed E-state index contributed by atoms with van der Waals surface area (Å²) < 4.78 is 5.68. The quantitative estimate of drug-likeness (QED) is 0.200. The predicted octanol–water partition coefficient (Wildman–Crippen LogP) is 2.86. The molecule has 10 atom stereocenters. The maximum atomic E-state index is 12.9. The predicted molar refractivity (Wildman–Crippen MR) is 116 cm³/mol. The summed E-state index contributed by atoms with van der Waals surface area (Å²) >= 11 is 0. The molecule has 9 nitrogen and oxygen atoms in total. The number of carbonyl (C=O) groups excluding carboxylic acids is 2. The van der Waals surface area contributed by atoms with Crippen LogP contribution in [0.2, 0.25) is 0 Å². The van der Waals surface area contributed by atoms with Crippen LogP contribution >= 0.6 is 0 Å². The van der Waals surface area contributed by atoms with Gasteiger partial charge in [0.2, 0.25) is 0 Å². The number of esters is 1. The van der Waals surface area contributed by atoms with Gasteiger partial charge in [-0.25, -0.2) is 0 Å². The van der Waals surface area contributed by atoms with E-state index in [1.165, 1.54) is 0 Å². The minimum Gasteiger partial charge on any atom is -0.462 e. The second kappa shape index (κ2) is 12.4. The highest BCUT2D eigenvalue weighted by atomic mass is 16.5. The molecule has 0 amide bonds. The van der Waals surface area contributed by atoms with Gasteiger partial charge in [-0.2, -0.15) is 0 Å². The number of cyclic esters (lactones) is 1. The number of Topliss-reactive ketones (excluding diaryl/α,β-unsaturated/α-hetero) is 1. The van der Waals surface area contributed by atoms with Crippen molar-refractivity contribution in [3.8, 4) is 0 Å². The van der Waals surface area contributed by atoms with E-state index in [4.69, 9.17) is 10.3 Å². The van der Waals surface area contributed by atoms with E-state index < -0.39 is 54.1 Å². The Labute approximate surface area is 184 Å². The van der Waals surface area contributed by atoms with E-state index in [1.807, 2.05) is 6.92 Å². The number of aliphatic hydroxyl groups excluding tert-OH is 3. The Bertz CT molecular complexity index is 653. The van der Waals surface area contributed by atoms with Gasteiger partial charge < -0.3 is 20.1 Å². The Hall–Kier alpha value is -1.67. The number of ketones is 1. The average molecular weight is 442 g/mol. The van der Waals surface area contributed by atoms with Crippen molar-refractivity contribution in [1.29, 1.82) is 0 Å². The van der Waals surface area contributed by atoms with Gasteiger partial charge in [-0.1, -0.05) is 39.7 Å². The normalized spacial score (nSPS) is 41.1. The number of hydrogen-bond acceptors (Lipinski definition) is 7. The number of carbonyl (C=O) groups is 2. The molecule has 1 aliphatic heterocycles. The van der Waals surface area contributed by atoms with Crippen LogP contribution in [0.5, 0.6) is 0 Å². The molecule has 0 unspecified atom stereocenters. The molecule has 0 aromatic heterocycles. The molecular weight excluding hydrogens is 402 g/mol. The van der Waals surface area contributed by atoms with Crippen LogP contribution in [0.1, 0.15) is 60.8 Å². The molecule has 0 radical (unpaired) electrons. The van der Waals surface area contributed by atoms with Gasteiger partial charge in [0.1, 0.15) is 11.9 Å². The van der Waals surface area contributed by atoms with E-state index in [2.05, 4.69) is 10.0 Å². The van der Waals surface area contributed by atoms with Crippen LogP contribution in [0.4, 0.5) is 0 Å². The van der Waals surface area contributed by atoms with Crippen LogP contribution in [0.3, 0.4) is 0 Å². The summed E-state index contributed by atoms with van der Waals surface area (Å²) in [6.45, 7) is 10.5. The fraction of sp³-hybridized carbons (Fsp3) is 0.909. The Morgan fingerprint density at radius 3 is 2.13 bits per heavy atom. The van der Waals surface area contributed by atoms with Crippen LogP contribution in [-0.2, 0) is 14.3 Å². The second-order valence-corrected chi connectivity index (χ2v) is 9.36. The van der Waals surface area contributed by atoms with Crippen molar-refractivity contribution in [1.82, 2.24) is 0 Å². The van der Waals surface area contributed by atoms with E-state index in [9.17, 15) is 24.9 Å². The Morgan fingerprint density at radius 2 is 1.55 bits per heavy atom. The fourth-order valence-corrected chi connectivity index (χ4v) is 4.51. The van der Waals surface area contributed by atoms with Crippen molar-refractivity contribution in [3.05, 3.63) is 10.4 Å². The van der Waals surface area contributed by atoms with Gasteiger partial charge in [0, 0.05) is 35.1 Å². The van der Waals surface area contributed by atoms with Gasteiger partial charge in [0.25, 0.3) is 0 Å². The molecule has 0 aromatic carbocycles. The topological polar surface area (TPSA) is 153 Å². The SMILES string of the molecule is C[C@@H]1[C@@H](O)[C@@H](C)C[C@@H](C)C(=O)[C@H](C)[C@@H](O)[C@@H](C)[C@@H](CCCN=[N+]=[N-])OC(=O)[C@H](C)[C@H]1O. The molecule has 1 rings (SSSR count). The Morgan fingerprint density at radius 1 is 0.968 bits per heavy atom. The van der Waals surface area contributed by atoms with Gasteiger partial charge in [0.05, 0.1) is 24.2 Å². The third-order valence-corrected chi connectivity index (χ3v) is 6.92. The Kier molecular flexibility index (Phi) is 10.9. The van der Waals surface area contributed by atoms with E-state index in [0.29, 0.717) is 19.3 Å². The van der Waals surface area contributed by atoms with Gasteiger partial charge in [-0.3, -0.25) is 9.59 Å². The number of ether oxygens (including phenoxy) is 1. The van der Waals surface area contributed by atoms with Gasteiger partial charge in [-0.05, 0) is 37.6 Å². The van der Waals surface area contributed by atoms with Crippen molar-refractivity contribution in [3.63, 3.8) is 0 Å². The molecule has 1 aliphatic rings. The lowest BCUT2D eigenvalue weighted by Crippen LogP contribution is -2.45. The molecule has 1 fully saturated rings. The fourth-order valence-electron chi connectivity index (χ4n) is 4.51. The number of aliphatic hydroxyl groups is 3. The molecule has 0 aromatic rings. The first kappa shape index (κ1) is 27.4. The highest BCUT2D eigenvalue weighted by Gasteiger charge is 2.40. The van der Waals surface area contributed by atoms with Crippen LogP contribution in [0.25, 0.3) is 10.4 Å². The Balaban J connectivity index is 3.24. The van der Waals surface area contributed by atoms with Crippen molar-refractivity contribution < 1.29 is 29.6 Å². The highest BCUT2D eigenvalue weighted by molar-refractivity contribution is 5.83. The third kappa shape index (κ3) is 7.17. The first-order chi connectivity index (χ1) is 14.4. The average Bonchev–Trinajstić information content (AvgIpc) is 2.75. The zero-order valence-corrected chi connectivity index (χ0v) is 19.5. The lowest BCUT2D eigenvalue weighted by molar-refractivity contribution is -0.166. The second-order valence-electron chi connectivity index (χ2n) is 9.36. The van der Waals surface area contributed by atoms with Crippen LogP contribution in [0, 0.1) is 35.5 Å². The first-order valence-corrected chi connectivity index (χ1v) is 11.2. The van der Waals surface area contributed by atoms with Crippen molar-refractivity contribution in [2.24, 2.45) is 40.6 Å². The molecule has 1 heterocycles. The molecule has 0 bridgehead atoms. The monoisotopic (exact) mass is 441 g/mol. The van der Waals surface area contributed by atoms with Crippen LogP contribution < -0.4 is 0 Å². The largest absolute Gasteiger partial charge is 0.462 e. The molecule has 3 N–H and O–H groups in total. The van der Waals surface area contributed by atoms with E-state index in [0.717, 1.165) is 0 Å². The van der Waals surface area contributed by atoms with Gasteiger partial charge in [-0.15, -0.1) is 0 Å². The number of azide groups is 1. The maximum absolute atomic E-state index is 12.9. The molecule has 1 saturated heterocycles. The van der Waals surface area contributed by atoms with Crippen molar-refractivity contribution in [2.75, 3.05) is 6.54 Å². The zero-order chi connectivity index (χ0) is 23.9. The van der Waals surface area contributed by atoms with Gasteiger partial charge in [0.15, 0.2) is 0 Å². The summed E-state index contributed by atoms with van der Waals surface area (Å²) in [5.74, 6) is -4.06. The summed E-state index contributed by atoms with van der Waals surface area (Å²) in [7, 11) is 0. The van der Waals surface area contributed by atoms with E-state index in [1.54, 1.807) is 34.6 Å². The van der Waals surface area contributed by atoms with Gasteiger partial charge >= 0.3 is 5.97 Å². The van der Waals surface area contributed by atoms with Crippen LogP contribution in [0.15, 0.2) is 5.11 Å². The van der Waals surface area contributed by atoms with Crippen molar-refractivity contribution >= 4 is 11.8 Å². The summed E-state index contributed by atoms with van der Waals surface area (Å²) in [4.78, 5) is 28.4. The van der Waals surface area contributed by atoms with E-state index in [-0.39, 0.29) is 24.2 Å². The summed E-state index contributed by atoms with van der Waals surface area (Å²) in [5.41, 5.74) is 8.46. The molecular formula is C22H39N3O6. The number of hydrogen-bond donors (Lipinski definition) is 3. The molecule has 0 spiro atoms. The number of rotatable bonds is 4. The summed E-state index contributed by atoms with van der Waals surface area (Å²) in [6.07, 6.45) is -2.56. The summed E-state index contributed by atoms with van der Waals surface area (Å²) in [6, 6.07) is 0. The first-order valence-electron chi connectivity index (χ1n) is 11.2. The maximum Gasteiger partial charge on any atom is 0.311 e. The standard InChI is InChI=1S/C22H39N3O6/c1-11-10-12(2)19(27)15(5)21(29)16(6)22(30)31-17(8-7-9-24-25-23)13(3)20(28)14(4)18(11)26/h11-17,19-21,27-29H,7-10H2,1-6H3/t11-,12+,13+,14+,15-,16-,17-,19+,20+,21+/m1/s1.